The Balaban J connectivity index is 1.76. The third kappa shape index (κ3) is 5.21. The van der Waals surface area contributed by atoms with Gasteiger partial charge in [0.05, 0.1) is 12.7 Å². The second-order valence-corrected chi connectivity index (χ2v) is 8.43. The molecule has 1 aliphatic heterocycles. The maximum atomic E-state index is 10.9. The number of nitrogens with zero attached hydrogens (tertiary/aromatic N) is 3. The maximum Gasteiger partial charge on any atom is 0.191 e. The first kappa shape index (κ1) is 22.3. The molecule has 7 heteroatoms. The fraction of sp³-hybridized carbons (Fsp3) is 0.565. The van der Waals surface area contributed by atoms with Gasteiger partial charge in [-0.15, -0.1) is 0 Å². The first-order valence-electron chi connectivity index (χ1n) is 10.7. The Hall–Kier alpha value is -2.38. The van der Waals surface area contributed by atoms with Gasteiger partial charge < -0.3 is 20.5 Å². The molecule has 1 aliphatic rings. The topological polar surface area (TPSA) is 83.7 Å². The van der Waals surface area contributed by atoms with Crippen LogP contribution in [-0.2, 0) is 22.8 Å². The normalized spacial score (nSPS) is 18.6. The molecular weight excluding hydrogens is 378 g/mol. The summed E-state index contributed by atoms with van der Waals surface area (Å²) in [6.45, 7) is 9.28. The fourth-order valence-corrected chi connectivity index (χ4v) is 4.09. The van der Waals surface area contributed by atoms with Gasteiger partial charge in [0.2, 0.25) is 0 Å². The first-order chi connectivity index (χ1) is 14.4. The summed E-state index contributed by atoms with van der Waals surface area (Å²) in [5.41, 5.74) is 2.36. The summed E-state index contributed by atoms with van der Waals surface area (Å²) in [6.07, 6.45) is 5.45. The number of aryl methyl sites for hydroxylation is 2. The minimum atomic E-state index is -1.08. The minimum Gasteiger partial charge on any atom is -0.383 e. The van der Waals surface area contributed by atoms with E-state index in [9.17, 15) is 5.11 Å². The lowest BCUT2D eigenvalue weighted by atomic mass is 9.72. The molecule has 1 aromatic carbocycles. The summed E-state index contributed by atoms with van der Waals surface area (Å²) < 4.78 is 7.36. The van der Waals surface area contributed by atoms with E-state index in [4.69, 9.17) is 4.74 Å². The monoisotopic (exact) mass is 413 g/mol. The average Bonchev–Trinajstić information content (AvgIpc) is 3.18. The number of rotatable bonds is 7. The summed E-state index contributed by atoms with van der Waals surface area (Å²) in [6, 6.07) is 8.62. The van der Waals surface area contributed by atoms with Crippen LogP contribution in [0.2, 0.25) is 0 Å². The smallest absolute Gasteiger partial charge is 0.191 e. The molecule has 2 aromatic rings. The molecule has 1 saturated heterocycles. The number of hydrogen-bond donors (Lipinski definition) is 3. The van der Waals surface area contributed by atoms with E-state index in [0.29, 0.717) is 5.96 Å². The molecule has 164 valence electrons. The number of nitrogens with one attached hydrogen (secondary N) is 2. The van der Waals surface area contributed by atoms with E-state index in [1.807, 2.05) is 20.2 Å². The molecule has 1 aromatic heterocycles. The predicted octanol–water partition coefficient (Wildman–Crippen LogP) is 2.24. The Morgan fingerprint density at radius 2 is 2.03 bits per heavy atom. The number of guanidine groups is 1. The SMILES string of the molecule is CCNC(=NCC(C)(O)c1cnn(C)c1)NCC1(c2ccccc2C)CCOCC1. The van der Waals surface area contributed by atoms with Gasteiger partial charge in [-0.2, -0.15) is 5.10 Å². The van der Waals surface area contributed by atoms with Gasteiger partial charge in [0.1, 0.15) is 5.60 Å². The number of aliphatic imine (C=N–C) groups is 1. The number of aliphatic hydroxyl groups is 1. The second kappa shape index (κ2) is 9.62. The van der Waals surface area contributed by atoms with Crippen LogP contribution < -0.4 is 10.6 Å². The molecule has 0 aliphatic carbocycles. The Morgan fingerprint density at radius 3 is 2.67 bits per heavy atom. The minimum absolute atomic E-state index is 0.00561. The van der Waals surface area contributed by atoms with Crippen LogP contribution in [0.4, 0.5) is 0 Å². The zero-order valence-corrected chi connectivity index (χ0v) is 18.6. The van der Waals surface area contributed by atoms with Crippen molar-refractivity contribution in [2.75, 3.05) is 32.8 Å². The van der Waals surface area contributed by atoms with Gasteiger partial charge in [-0.1, -0.05) is 24.3 Å². The molecule has 0 spiro atoms. The van der Waals surface area contributed by atoms with Crippen molar-refractivity contribution in [2.45, 2.75) is 44.6 Å². The van der Waals surface area contributed by atoms with Crippen LogP contribution in [0.25, 0.3) is 0 Å². The van der Waals surface area contributed by atoms with Gasteiger partial charge in [-0.25, -0.2) is 4.99 Å². The van der Waals surface area contributed by atoms with Gasteiger partial charge in [0, 0.05) is 50.5 Å². The molecule has 0 saturated carbocycles. The zero-order valence-electron chi connectivity index (χ0n) is 18.6. The van der Waals surface area contributed by atoms with Crippen LogP contribution in [0.1, 0.15) is 43.4 Å². The molecule has 3 N–H and O–H groups in total. The number of ether oxygens (including phenoxy) is 1. The molecule has 3 rings (SSSR count). The second-order valence-electron chi connectivity index (χ2n) is 8.43. The molecular formula is C23H35N5O2. The molecule has 0 radical (unpaired) electrons. The van der Waals surface area contributed by atoms with Crippen LogP contribution in [0.5, 0.6) is 0 Å². The van der Waals surface area contributed by atoms with Crippen molar-refractivity contribution in [2.24, 2.45) is 12.0 Å². The molecule has 1 fully saturated rings. The van der Waals surface area contributed by atoms with Gasteiger partial charge in [-0.05, 0) is 44.7 Å². The van der Waals surface area contributed by atoms with Gasteiger partial charge in [0.15, 0.2) is 5.96 Å². The standard InChI is InChI=1S/C23H35N5O2/c1-5-24-21(25-16-22(3,29)19-14-27-28(4)15-19)26-17-23(10-12-30-13-11-23)20-9-7-6-8-18(20)2/h6-9,14-15,29H,5,10-13,16-17H2,1-4H3,(H2,24,25,26). The van der Waals surface area contributed by atoms with Crippen molar-refractivity contribution < 1.29 is 9.84 Å². The fourth-order valence-electron chi connectivity index (χ4n) is 4.09. The summed E-state index contributed by atoms with van der Waals surface area (Å²) in [5, 5.41) is 21.9. The summed E-state index contributed by atoms with van der Waals surface area (Å²) in [4.78, 5) is 4.68. The molecule has 30 heavy (non-hydrogen) atoms. The molecule has 1 unspecified atom stereocenters. The maximum absolute atomic E-state index is 10.9. The Morgan fingerprint density at radius 1 is 1.30 bits per heavy atom. The van der Waals surface area contributed by atoms with E-state index < -0.39 is 5.60 Å². The van der Waals surface area contributed by atoms with Crippen LogP contribution >= 0.6 is 0 Å². The lowest BCUT2D eigenvalue weighted by Crippen LogP contribution is -2.48. The van der Waals surface area contributed by atoms with Crippen LogP contribution in [0, 0.1) is 6.92 Å². The zero-order chi connectivity index (χ0) is 21.6. The van der Waals surface area contributed by atoms with Gasteiger partial charge in [-0.3, -0.25) is 4.68 Å². The quantitative estimate of drug-likeness (QED) is 0.479. The van der Waals surface area contributed by atoms with E-state index in [1.54, 1.807) is 17.8 Å². The first-order valence-corrected chi connectivity index (χ1v) is 10.7. The molecule has 1 atom stereocenters. The van der Waals surface area contributed by atoms with E-state index in [2.05, 4.69) is 51.9 Å². The lowest BCUT2D eigenvalue weighted by molar-refractivity contribution is 0.0511. The highest BCUT2D eigenvalue weighted by atomic mass is 16.5. The highest BCUT2D eigenvalue weighted by Crippen LogP contribution is 2.36. The van der Waals surface area contributed by atoms with Crippen molar-refractivity contribution in [3.63, 3.8) is 0 Å². The van der Waals surface area contributed by atoms with Crippen molar-refractivity contribution in [3.8, 4) is 0 Å². The Bertz CT molecular complexity index is 853. The number of aromatic nitrogens is 2. The number of benzene rings is 1. The third-order valence-corrected chi connectivity index (χ3v) is 5.98. The average molecular weight is 414 g/mol. The summed E-state index contributed by atoms with van der Waals surface area (Å²) >= 11 is 0. The van der Waals surface area contributed by atoms with E-state index in [0.717, 1.165) is 44.7 Å². The van der Waals surface area contributed by atoms with Crippen molar-refractivity contribution in [3.05, 3.63) is 53.3 Å². The highest BCUT2D eigenvalue weighted by Gasteiger charge is 2.35. The van der Waals surface area contributed by atoms with E-state index in [1.165, 1.54) is 11.1 Å². The molecule has 0 bridgehead atoms. The van der Waals surface area contributed by atoms with Crippen molar-refractivity contribution >= 4 is 5.96 Å². The Kier molecular flexibility index (Phi) is 7.15. The van der Waals surface area contributed by atoms with Crippen molar-refractivity contribution in [1.82, 2.24) is 20.4 Å². The summed E-state index contributed by atoms with van der Waals surface area (Å²) in [7, 11) is 1.84. The molecule has 0 amide bonds. The van der Waals surface area contributed by atoms with E-state index in [-0.39, 0.29) is 12.0 Å². The Labute approximate surface area is 179 Å². The summed E-state index contributed by atoms with van der Waals surface area (Å²) in [5.74, 6) is 0.709. The van der Waals surface area contributed by atoms with Crippen LogP contribution in [0.3, 0.4) is 0 Å². The molecule has 7 nitrogen and oxygen atoms in total. The van der Waals surface area contributed by atoms with Crippen LogP contribution in [0.15, 0.2) is 41.7 Å². The third-order valence-electron chi connectivity index (χ3n) is 5.98. The van der Waals surface area contributed by atoms with Gasteiger partial charge >= 0.3 is 0 Å². The largest absolute Gasteiger partial charge is 0.383 e. The lowest BCUT2D eigenvalue weighted by Gasteiger charge is -2.39. The van der Waals surface area contributed by atoms with Crippen LogP contribution in [-0.4, -0.2) is 53.7 Å². The van der Waals surface area contributed by atoms with Gasteiger partial charge in [0.25, 0.3) is 0 Å². The predicted molar refractivity (Wildman–Crippen MR) is 120 cm³/mol. The van der Waals surface area contributed by atoms with Crippen molar-refractivity contribution in [1.29, 1.82) is 0 Å². The highest BCUT2D eigenvalue weighted by molar-refractivity contribution is 5.80. The number of hydrogen-bond acceptors (Lipinski definition) is 4. The van der Waals surface area contributed by atoms with E-state index >= 15 is 0 Å². The molecule has 2 heterocycles.